The van der Waals surface area contributed by atoms with Gasteiger partial charge in [-0.1, -0.05) is 30.7 Å². The number of hydrogen-bond acceptors (Lipinski definition) is 2. The third-order valence-corrected chi connectivity index (χ3v) is 4.14. The lowest BCUT2D eigenvalue weighted by atomic mass is 9.96. The highest BCUT2D eigenvalue weighted by atomic mass is 16.2. The highest BCUT2D eigenvalue weighted by molar-refractivity contribution is 6.28. The molecule has 0 radical (unpaired) electrons. The molecule has 122 valence electrons. The second-order valence-corrected chi connectivity index (χ2v) is 6.51. The monoisotopic (exact) mass is 311 g/mol. The van der Waals surface area contributed by atoms with Gasteiger partial charge in [0.05, 0.1) is 5.69 Å². The number of anilines is 1. The van der Waals surface area contributed by atoms with Crippen LogP contribution >= 0.6 is 0 Å². The van der Waals surface area contributed by atoms with Crippen molar-refractivity contribution < 1.29 is 9.59 Å². The third kappa shape index (κ3) is 4.92. The minimum Gasteiger partial charge on any atom is -0.269 e. The Morgan fingerprint density at radius 3 is 2.22 bits per heavy atom. The van der Waals surface area contributed by atoms with Crippen LogP contribution in [0.1, 0.15) is 45.6 Å². The molecule has 0 saturated heterocycles. The van der Waals surface area contributed by atoms with Crippen molar-refractivity contribution in [1.82, 2.24) is 0 Å². The van der Waals surface area contributed by atoms with Crippen molar-refractivity contribution in [2.24, 2.45) is 5.92 Å². The second kappa shape index (κ2) is 7.91. The van der Waals surface area contributed by atoms with E-state index in [1.807, 2.05) is 24.3 Å². The van der Waals surface area contributed by atoms with Gasteiger partial charge in [0.2, 0.25) is 0 Å². The first-order valence-electron chi connectivity index (χ1n) is 8.26. The molecule has 1 aromatic rings. The Hall–Kier alpha value is -2.16. The lowest BCUT2D eigenvalue weighted by Crippen LogP contribution is -2.29. The molecular formula is C20H25NO2. The summed E-state index contributed by atoms with van der Waals surface area (Å²) in [5.41, 5.74) is 3.27. The summed E-state index contributed by atoms with van der Waals surface area (Å²) in [4.78, 5) is 24.5. The van der Waals surface area contributed by atoms with Crippen LogP contribution in [0.3, 0.4) is 0 Å². The Morgan fingerprint density at radius 1 is 1.04 bits per heavy atom. The summed E-state index contributed by atoms with van der Waals surface area (Å²) < 4.78 is 0. The van der Waals surface area contributed by atoms with Gasteiger partial charge in [-0.25, -0.2) is 4.90 Å². The molecule has 1 atom stereocenters. The average Bonchev–Trinajstić information content (AvgIpc) is 2.84. The summed E-state index contributed by atoms with van der Waals surface area (Å²) in [6.07, 6.45) is 9.45. The van der Waals surface area contributed by atoms with Crippen molar-refractivity contribution in [3.8, 4) is 0 Å². The minimum absolute atomic E-state index is 0.268. The zero-order valence-electron chi connectivity index (χ0n) is 14.2. The SMILES string of the molecule is CC(C)=CCC[C@H](C)CCc1ccc(N2C(=O)C=CC2=O)cc1. The molecule has 2 amide bonds. The van der Waals surface area contributed by atoms with Crippen LogP contribution in [-0.4, -0.2) is 11.8 Å². The zero-order chi connectivity index (χ0) is 16.8. The van der Waals surface area contributed by atoms with Gasteiger partial charge < -0.3 is 0 Å². The number of hydrogen-bond donors (Lipinski definition) is 0. The smallest absolute Gasteiger partial charge is 0.258 e. The Labute approximate surface area is 138 Å². The van der Waals surface area contributed by atoms with Crippen LogP contribution in [0.15, 0.2) is 48.1 Å². The number of amides is 2. The van der Waals surface area contributed by atoms with Crippen LogP contribution in [0, 0.1) is 5.92 Å². The summed E-state index contributed by atoms with van der Waals surface area (Å²) in [6.45, 7) is 6.57. The van der Waals surface area contributed by atoms with E-state index in [2.05, 4.69) is 26.8 Å². The first-order valence-corrected chi connectivity index (χ1v) is 8.26. The van der Waals surface area contributed by atoms with Crippen LogP contribution in [0.25, 0.3) is 0 Å². The highest BCUT2D eigenvalue weighted by Crippen LogP contribution is 2.21. The Balaban J connectivity index is 1.85. The summed E-state index contributed by atoms with van der Waals surface area (Å²) in [5.74, 6) is 0.155. The third-order valence-electron chi connectivity index (χ3n) is 4.14. The molecule has 1 aliphatic heterocycles. The number of rotatable bonds is 7. The topological polar surface area (TPSA) is 37.4 Å². The molecule has 0 saturated carbocycles. The van der Waals surface area contributed by atoms with Crippen molar-refractivity contribution >= 4 is 17.5 Å². The maximum atomic E-state index is 11.6. The standard InChI is InChI=1S/C20H25NO2/c1-15(2)5-4-6-16(3)7-8-17-9-11-18(12-10-17)21-19(22)13-14-20(21)23/h5,9-14,16H,4,6-8H2,1-3H3/t16-/m0/s1. The number of benzene rings is 1. The molecule has 1 heterocycles. The fourth-order valence-corrected chi connectivity index (χ4v) is 2.68. The Bertz CT molecular complexity index is 604. The molecule has 3 nitrogen and oxygen atoms in total. The first kappa shape index (κ1) is 17.2. The van der Waals surface area contributed by atoms with Gasteiger partial charge in [0.1, 0.15) is 0 Å². The number of imide groups is 1. The fourth-order valence-electron chi connectivity index (χ4n) is 2.68. The molecule has 0 fully saturated rings. The van der Waals surface area contributed by atoms with Crippen LogP contribution in [0.4, 0.5) is 5.69 Å². The lowest BCUT2D eigenvalue weighted by molar-refractivity contribution is -0.119. The van der Waals surface area contributed by atoms with Crippen LogP contribution < -0.4 is 4.90 Å². The van der Waals surface area contributed by atoms with E-state index in [4.69, 9.17) is 0 Å². The maximum Gasteiger partial charge on any atom is 0.258 e. The molecule has 0 bridgehead atoms. The van der Waals surface area contributed by atoms with E-state index in [0.29, 0.717) is 11.6 Å². The normalized spacial score (nSPS) is 15.2. The van der Waals surface area contributed by atoms with Gasteiger partial charge in [-0.2, -0.15) is 0 Å². The summed E-state index contributed by atoms with van der Waals surface area (Å²) >= 11 is 0. The maximum absolute atomic E-state index is 11.6. The van der Waals surface area contributed by atoms with Gasteiger partial charge in [-0.05, 0) is 63.1 Å². The van der Waals surface area contributed by atoms with E-state index in [0.717, 1.165) is 19.3 Å². The molecule has 23 heavy (non-hydrogen) atoms. The van der Waals surface area contributed by atoms with Crippen molar-refractivity contribution in [2.75, 3.05) is 4.90 Å². The molecule has 2 rings (SSSR count). The van der Waals surface area contributed by atoms with E-state index >= 15 is 0 Å². The predicted octanol–water partition coefficient (Wildman–Crippen LogP) is 4.43. The quantitative estimate of drug-likeness (QED) is 0.552. The summed E-state index contributed by atoms with van der Waals surface area (Å²) in [7, 11) is 0. The van der Waals surface area contributed by atoms with Gasteiger partial charge >= 0.3 is 0 Å². The summed E-state index contributed by atoms with van der Waals surface area (Å²) in [5, 5.41) is 0. The molecule has 0 N–H and O–H groups in total. The zero-order valence-corrected chi connectivity index (χ0v) is 14.2. The molecular weight excluding hydrogens is 286 g/mol. The Kier molecular flexibility index (Phi) is 5.91. The molecule has 0 unspecified atom stereocenters. The van der Waals surface area contributed by atoms with Crippen molar-refractivity contribution in [3.05, 3.63) is 53.6 Å². The molecule has 0 spiro atoms. The van der Waals surface area contributed by atoms with E-state index in [1.165, 1.54) is 34.6 Å². The lowest BCUT2D eigenvalue weighted by Gasteiger charge is -2.15. The molecule has 1 aliphatic rings. The van der Waals surface area contributed by atoms with E-state index < -0.39 is 0 Å². The number of nitrogens with zero attached hydrogens (tertiary/aromatic N) is 1. The van der Waals surface area contributed by atoms with Crippen molar-refractivity contribution in [3.63, 3.8) is 0 Å². The van der Waals surface area contributed by atoms with Crippen molar-refractivity contribution in [2.45, 2.75) is 46.5 Å². The summed E-state index contributed by atoms with van der Waals surface area (Å²) in [6, 6.07) is 7.73. The molecule has 0 aliphatic carbocycles. The molecule has 3 heteroatoms. The minimum atomic E-state index is -0.268. The van der Waals surface area contributed by atoms with Gasteiger partial charge in [-0.15, -0.1) is 0 Å². The van der Waals surface area contributed by atoms with Crippen LogP contribution in [0.5, 0.6) is 0 Å². The van der Waals surface area contributed by atoms with Gasteiger partial charge in [0.25, 0.3) is 11.8 Å². The van der Waals surface area contributed by atoms with Gasteiger partial charge in [-0.3, -0.25) is 9.59 Å². The highest BCUT2D eigenvalue weighted by Gasteiger charge is 2.24. The first-order chi connectivity index (χ1) is 11.0. The van der Waals surface area contributed by atoms with Gasteiger partial charge in [0, 0.05) is 12.2 Å². The molecule has 1 aromatic carbocycles. The van der Waals surface area contributed by atoms with Crippen LogP contribution in [0.2, 0.25) is 0 Å². The molecule has 0 aromatic heterocycles. The second-order valence-electron chi connectivity index (χ2n) is 6.51. The predicted molar refractivity (Wildman–Crippen MR) is 94.2 cm³/mol. The largest absolute Gasteiger partial charge is 0.269 e. The van der Waals surface area contributed by atoms with Crippen molar-refractivity contribution in [1.29, 1.82) is 0 Å². The number of aryl methyl sites for hydroxylation is 1. The van der Waals surface area contributed by atoms with E-state index in [1.54, 1.807) is 0 Å². The number of carbonyl (C=O) groups excluding carboxylic acids is 2. The number of carbonyl (C=O) groups is 2. The van der Waals surface area contributed by atoms with Crippen LogP contribution in [-0.2, 0) is 16.0 Å². The average molecular weight is 311 g/mol. The fraction of sp³-hybridized carbons (Fsp3) is 0.400. The Morgan fingerprint density at radius 2 is 1.65 bits per heavy atom. The van der Waals surface area contributed by atoms with E-state index in [9.17, 15) is 9.59 Å². The number of allylic oxidation sites excluding steroid dienone is 2. The van der Waals surface area contributed by atoms with E-state index in [-0.39, 0.29) is 11.8 Å². The van der Waals surface area contributed by atoms with Gasteiger partial charge in [0.15, 0.2) is 0 Å².